The minimum Gasteiger partial charge on any atom is -0.314 e. The van der Waals surface area contributed by atoms with Gasteiger partial charge in [-0.05, 0) is 68.2 Å². The van der Waals surface area contributed by atoms with Gasteiger partial charge in [0.15, 0.2) is 0 Å². The minimum atomic E-state index is 0.511. The molecule has 1 aliphatic rings. The van der Waals surface area contributed by atoms with Crippen molar-refractivity contribution >= 4 is 0 Å². The maximum absolute atomic E-state index is 3.76. The quantitative estimate of drug-likeness (QED) is 0.693. The second-order valence-corrected chi connectivity index (χ2v) is 8.11. The van der Waals surface area contributed by atoms with E-state index in [9.17, 15) is 0 Å². The second kappa shape index (κ2) is 7.67. The molecule has 0 saturated heterocycles. The van der Waals surface area contributed by atoms with E-state index in [0.717, 1.165) is 30.3 Å². The van der Waals surface area contributed by atoms with E-state index >= 15 is 0 Å². The molecule has 1 N–H and O–H groups in total. The highest BCUT2D eigenvalue weighted by Gasteiger charge is 2.32. The molecule has 19 heavy (non-hydrogen) atoms. The van der Waals surface area contributed by atoms with Crippen molar-refractivity contribution < 1.29 is 0 Å². The number of hydrogen-bond donors (Lipinski definition) is 1. The van der Waals surface area contributed by atoms with Crippen LogP contribution >= 0.6 is 0 Å². The molecular formula is C18H37N. The molecule has 0 amide bonds. The molecule has 0 aromatic carbocycles. The summed E-state index contributed by atoms with van der Waals surface area (Å²) in [4.78, 5) is 0. The van der Waals surface area contributed by atoms with E-state index in [-0.39, 0.29) is 0 Å². The summed E-state index contributed by atoms with van der Waals surface area (Å²) in [6.07, 6.45) is 8.51. The summed E-state index contributed by atoms with van der Waals surface area (Å²) in [6, 6.07) is 0.772. The van der Waals surface area contributed by atoms with Crippen molar-refractivity contribution in [2.24, 2.45) is 23.2 Å². The van der Waals surface area contributed by atoms with Crippen molar-refractivity contribution in [3.8, 4) is 0 Å². The van der Waals surface area contributed by atoms with Crippen LogP contribution in [-0.4, -0.2) is 12.6 Å². The molecule has 1 aliphatic carbocycles. The molecule has 0 spiro atoms. The average Bonchev–Trinajstić information content (AvgIpc) is 2.33. The Morgan fingerprint density at radius 3 is 2.00 bits per heavy atom. The minimum absolute atomic E-state index is 0.511. The van der Waals surface area contributed by atoms with Crippen LogP contribution in [0.25, 0.3) is 0 Å². The van der Waals surface area contributed by atoms with Gasteiger partial charge in [0.05, 0.1) is 0 Å². The Morgan fingerprint density at radius 1 is 1.00 bits per heavy atom. The van der Waals surface area contributed by atoms with Crippen LogP contribution in [0.4, 0.5) is 0 Å². The van der Waals surface area contributed by atoms with Crippen molar-refractivity contribution in [1.29, 1.82) is 0 Å². The lowest BCUT2D eigenvalue weighted by Crippen LogP contribution is -2.39. The first-order valence-corrected chi connectivity index (χ1v) is 8.58. The molecule has 0 aromatic rings. The zero-order chi connectivity index (χ0) is 14.5. The standard InChI is InChI=1S/C18H37N/c1-7-19-17(13-8-14(2)3)15-9-11-16(12-10-15)18(4,5)6/h14-17,19H,7-13H2,1-6H3. The molecule has 1 atom stereocenters. The molecule has 0 aromatic heterocycles. The topological polar surface area (TPSA) is 12.0 Å². The Morgan fingerprint density at radius 2 is 1.58 bits per heavy atom. The number of rotatable bonds is 6. The molecule has 1 saturated carbocycles. The lowest BCUT2D eigenvalue weighted by molar-refractivity contribution is 0.129. The fraction of sp³-hybridized carbons (Fsp3) is 1.00. The fourth-order valence-corrected chi connectivity index (χ4v) is 3.67. The molecule has 1 rings (SSSR count). The van der Waals surface area contributed by atoms with Crippen molar-refractivity contribution in [2.45, 2.75) is 86.1 Å². The molecule has 1 fully saturated rings. The van der Waals surface area contributed by atoms with Crippen molar-refractivity contribution in [3.63, 3.8) is 0 Å². The molecule has 114 valence electrons. The summed E-state index contributed by atoms with van der Waals surface area (Å²) >= 11 is 0. The van der Waals surface area contributed by atoms with Crippen LogP contribution in [-0.2, 0) is 0 Å². The van der Waals surface area contributed by atoms with Gasteiger partial charge >= 0.3 is 0 Å². The van der Waals surface area contributed by atoms with Crippen LogP contribution < -0.4 is 5.32 Å². The maximum atomic E-state index is 3.76. The van der Waals surface area contributed by atoms with Crippen molar-refractivity contribution in [3.05, 3.63) is 0 Å². The highest BCUT2D eigenvalue weighted by molar-refractivity contribution is 4.85. The summed E-state index contributed by atoms with van der Waals surface area (Å²) in [5.41, 5.74) is 0.511. The first-order chi connectivity index (χ1) is 8.84. The molecule has 0 bridgehead atoms. The summed E-state index contributed by atoms with van der Waals surface area (Å²) in [7, 11) is 0. The molecule has 1 heteroatoms. The smallest absolute Gasteiger partial charge is 0.00953 e. The van der Waals surface area contributed by atoms with Gasteiger partial charge in [-0.15, -0.1) is 0 Å². The third-order valence-corrected chi connectivity index (χ3v) is 5.09. The van der Waals surface area contributed by atoms with Gasteiger partial charge in [-0.1, -0.05) is 41.5 Å². The summed E-state index contributed by atoms with van der Waals surface area (Å²) in [6.45, 7) is 15.3. The third kappa shape index (κ3) is 5.85. The van der Waals surface area contributed by atoms with Gasteiger partial charge in [-0.25, -0.2) is 0 Å². The van der Waals surface area contributed by atoms with E-state index < -0.39 is 0 Å². The monoisotopic (exact) mass is 267 g/mol. The van der Waals surface area contributed by atoms with E-state index in [1.54, 1.807) is 0 Å². The molecular weight excluding hydrogens is 230 g/mol. The van der Waals surface area contributed by atoms with Crippen molar-refractivity contribution in [2.75, 3.05) is 6.54 Å². The van der Waals surface area contributed by atoms with Crippen LogP contribution in [0.1, 0.15) is 80.1 Å². The summed E-state index contributed by atoms with van der Waals surface area (Å²) in [5.74, 6) is 2.71. The van der Waals surface area contributed by atoms with Gasteiger partial charge in [0, 0.05) is 6.04 Å². The van der Waals surface area contributed by atoms with E-state index in [1.165, 1.54) is 38.5 Å². The molecule has 1 unspecified atom stereocenters. The first kappa shape index (κ1) is 17.0. The number of nitrogens with one attached hydrogen (secondary N) is 1. The molecule has 0 radical (unpaired) electrons. The van der Waals surface area contributed by atoms with E-state index in [0.29, 0.717) is 5.41 Å². The Kier molecular flexibility index (Phi) is 6.86. The molecule has 0 aliphatic heterocycles. The lowest BCUT2D eigenvalue weighted by Gasteiger charge is -2.40. The Bertz CT molecular complexity index is 231. The molecule has 1 nitrogen and oxygen atoms in total. The normalized spacial score (nSPS) is 26.7. The highest BCUT2D eigenvalue weighted by Crippen LogP contribution is 2.41. The van der Waals surface area contributed by atoms with E-state index in [1.807, 2.05) is 0 Å². The second-order valence-electron chi connectivity index (χ2n) is 8.11. The van der Waals surface area contributed by atoms with Crippen LogP contribution in [0, 0.1) is 23.2 Å². The van der Waals surface area contributed by atoms with Crippen LogP contribution in [0.3, 0.4) is 0 Å². The fourth-order valence-electron chi connectivity index (χ4n) is 3.67. The Balaban J connectivity index is 2.45. The van der Waals surface area contributed by atoms with Gasteiger partial charge in [-0.3, -0.25) is 0 Å². The lowest BCUT2D eigenvalue weighted by atomic mass is 9.68. The van der Waals surface area contributed by atoms with Gasteiger partial charge in [0.25, 0.3) is 0 Å². The number of hydrogen-bond acceptors (Lipinski definition) is 1. The van der Waals surface area contributed by atoms with Gasteiger partial charge in [0.1, 0.15) is 0 Å². The van der Waals surface area contributed by atoms with E-state index in [4.69, 9.17) is 0 Å². The third-order valence-electron chi connectivity index (χ3n) is 5.09. The van der Waals surface area contributed by atoms with Crippen molar-refractivity contribution in [1.82, 2.24) is 5.32 Å². The van der Waals surface area contributed by atoms with E-state index in [2.05, 4.69) is 46.9 Å². The molecule has 0 heterocycles. The zero-order valence-corrected chi connectivity index (χ0v) is 14.3. The van der Waals surface area contributed by atoms with Crippen LogP contribution in [0.2, 0.25) is 0 Å². The highest BCUT2D eigenvalue weighted by atomic mass is 14.9. The Labute approximate surface area is 121 Å². The van der Waals surface area contributed by atoms with Gasteiger partial charge < -0.3 is 5.32 Å². The average molecular weight is 268 g/mol. The van der Waals surface area contributed by atoms with Gasteiger partial charge in [-0.2, -0.15) is 0 Å². The van der Waals surface area contributed by atoms with Crippen LogP contribution in [0.5, 0.6) is 0 Å². The maximum Gasteiger partial charge on any atom is 0.00953 e. The summed E-state index contributed by atoms with van der Waals surface area (Å²) in [5, 5.41) is 3.76. The largest absolute Gasteiger partial charge is 0.314 e. The first-order valence-electron chi connectivity index (χ1n) is 8.58. The van der Waals surface area contributed by atoms with Crippen LogP contribution in [0.15, 0.2) is 0 Å². The predicted octanol–water partition coefficient (Wildman–Crippen LogP) is 5.25. The predicted molar refractivity (Wildman–Crippen MR) is 86.4 cm³/mol. The van der Waals surface area contributed by atoms with Gasteiger partial charge in [0.2, 0.25) is 0 Å². The SMILES string of the molecule is CCNC(CCC(C)C)C1CCC(C(C)(C)C)CC1. The zero-order valence-electron chi connectivity index (χ0n) is 14.3. The Hall–Kier alpha value is -0.0400. The summed E-state index contributed by atoms with van der Waals surface area (Å²) < 4.78 is 0.